The highest BCUT2D eigenvalue weighted by molar-refractivity contribution is 6.42. The Balaban J connectivity index is 1.40. The monoisotopic (exact) mass is 440 g/mol. The van der Waals surface area contributed by atoms with Crippen molar-refractivity contribution in [3.63, 3.8) is 0 Å². The molecule has 4 rings (SSSR count). The van der Waals surface area contributed by atoms with E-state index >= 15 is 0 Å². The molecule has 5 nitrogen and oxygen atoms in total. The molecular weight excluding hydrogens is 411 g/mol. The van der Waals surface area contributed by atoms with Gasteiger partial charge >= 0.3 is 0 Å². The maximum atomic E-state index is 12.9. The zero-order chi connectivity index (χ0) is 20.4. The van der Waals surface area contributed by atoms with Gasteiger partial charge < -0.3 is 14.8 Å². The van der Waals surface area contributed by atoms with Gasteiger partial charge in [0.25, 0.3) is 5.91 Å². The lowest BCUT2D eigenvalue weighted by atomic mass is 9.76. The number of likely N-dealkylation sites (tertiary alicyclic amines) is 1. The van der Waals surface area contributed by atoms with Crippen molar-refractivity contribution in [2.24, 2.45) is 0 Å². The van der Waals surface area contributed by atoms with Crippen LogP contribution in [0.2, 0.25) is 10.0 Å². The highest BCUT2D eigenvalue weighted by Crippen LogP contribution is 2.41. The van der Waals surface area contributed by atoms with Crippen molar-refractivity contribution in [1.82, 2.24) is 10.2 Å². The standard InChI is InChI=1S/C22H30Cl2N2O3/c1-15(29-16-5-6-17(23)18(24)13-16)21(27)25-19-7-9-22(8-4-12-28-22)14-20(19)26-10-2-3-11-26/h5-6,13,15,19-20H,2-4,7-12,14H2,1H3,(H,25,27). The van der Waals surface area contributed by atoms with Crippen molar-refractivity contribution >= 4 is 29.1 Å². The van der Waals surface area contributed by atoms with Gasteiger partial charge in [-0.1, -0.05) is 23.2 Å². The summed E-state index contributed by atoms with van der Waals surface area (Å²) in [5.74, 6) is 0.452. The van der Waals surface area contributed by atoms with Crippen LogP contribution in [0.4, 0.5) is 0 Å². The Morgan fingerprint density at radius 1 is 1.24 bits per heavy atom. The fourth-order valence-electron chi connectivity index (χ4n) is 5.08. The highest BCUT2D eigenvalue weighted by atomic mass is 35.5. The minimum absolute atomic E-state index is 0.0245. The smallest absolute Gasteiger partial charge is 0.261 e. The number of nitrogens with zero attached hydrogens (tertiary/aromatic N) is 1. The minimum atomic E-state index is -0.606. The average Bonchev–Trinajstić information content (AvgIpc) is 3.39. The molecule has 1 N–H and O–H groups in total. The summed E-state index contributed by atoms with van der Waals surface area (Å²) in [6.45, 7) is 4.87. The summed E-state index contributed by atoms with van der Waals surface area (Å²) in [6, 6.07) is 5.52. The Morgan fingerprint density at radius 3 is 2.72 bits per heavy atom. The van der Waals surface area contributed by atoms with Gasteiger partial charge in [-0.05, 0) is 77.1 Å². The third-order valence-electron chi connectivity index (χ3n) is 6.65. The number of nitrogens with one attached hydrogen (secondary N) is 1. The number of hydrogen-bond donors (Lipinski definition) is 1. The Hall–Kier alpha value is -1.01. The lowest BCUT2D eigenvalue weighted by Gasteiger charge is -2.46. The summed E-state index contributed by atoms with van der Waals surface area (Å²) in [6.07, 6.45) is 7.15. The van der Waals surface area contributed by atoms with Crippen LogP contribution in [0.25, 0.3) is 0 Å². The van der Waals surface area contributed by atoms with Crippen molar-refractivity contribution < 1.29 is 14.3 Å². The zero-order valence-electron chi connectivity index (χ0n) is 17.0. The Kier molecular flexibility index (Phi) is 6.59. The second-order valence-corrected chi connectivity index (χ2v) is 9.45. The Morgan fingerprint density at radius 2 is 2.03 bits per heavy atom. The van der Waals surface area contributed by atoms with E-state index in [4.69, 9.17) is 32.7 Å². The first-order chi connectivity index (χ1) is 14.0. The van der Waals surface area contributed by atoms with Gasteiger partial charge in [0, 0.05) is 24.8 Å². The SMILES string of the molecule is CC(Oc1ccc(Cl)c(Cl)c1)C(=O)NC1CCC2(CCCO2)CC1N1CCCC1. The Bertz CT molecular complexity index is 733. The number of carbonyl (C=O) groups is 1. The van der Waals surface area contributed by atoms with Crippen molar-refractivity contribution in [3.05, 3.63) is 28.2 Å². The maximum absolute atomic E-state index is 12.9. The molecule has 3 fully saturated rings. The van der Waals surface area contributed by atoms with Gasteiger partial charge in [-0.25, -0.2) is 0 Å². The molecular formula is C22H30Cl2N2O3. The molecule has 4 unspecified atom stereocenters. The third kappa shape index (κ3) is 4.84. The third-order valence-corrected chi connectivity index (χ3v) is 7.39. The predicted molar refractivity (Wildman–Crippen MR) is 115 cm³/mol. The summed E-state index contributed by atoms with van der Waals surface area (Å²) in [5, 5.41) is 4.16. The van der Waals surface area contributed by atoms with Crippen molar-refractivity contribution in [3.8, 4) is 5.75 Å². The molecule has 1 aliphatic carbocycles. The number of benzene rings is 1. The van der Waals surface area contributed by atoms with E-state index in [0.29, 0.717) is 21.8 Å². The summed E-state index contributed by atoms with van der Waals surface area (Å²) in [4.78, 5) is 15.4. The number of rotatable bonds is 5. The van der Waals surface area contributed by atoms with Gasteiger partial charge in [0.2, 0.25) is 0 Å². The number of halogens is 2. The first-order valence-corrected chi connectivity index (χ1v) is 11.5. The first kappa shape index (κ1) is 21.2. The van der Waals surface area contributed by atoms with Crippen LogP contribution in [-0.4, -0.2) is 54.3 Å². The van der Waals surface area contributed by atoms with Crippen LogP contribution in [0.15, 0.2) is 18.2 Å². The van der Waals surface area contributed by atoms with Gasteiger partial charge in [0.05, 0.1) is 15.6 Å². The van der Waals surface area contributed by atoms with Gasteiger partial charge in [-0.3, -0.25) is 9.69 Å². The van der Waals surface area contributed by atoms with Crippen molar-refractivity contribution in [2.75, 3.05) is 19.7 Å². The molecule has 160 valence electrons. The topological polar surface area (TPSA) is 50.8 Å². The maximum Gasteiger partial charge on any atom is 0.261 e. The molecule has 1 aromatic rings. The number of amides is 1. The minimum Gasteiger partial charge on any atom is -0.481 e. The molecule has 7 heteroatoms. The van der Waals surface area contributed by atoms with Crippen LogP contribution < -0.4 is 10.1 Å². The lowest BCUT2D eigenvalue weighted by molar-refractivity contribution is -0.130. The van der Waals surface area contributed by atoms with E-state index in [0.717, 1.165) is 51.8 Å². The second kappa shape index (κ2) is 9.01. The summed E-state index contributed by atoms with van der Waals surface area (Å²) < 4.78 is 12.0. The molecule has 0 bridgehead atoms. The van der Waals surface area contributed by atoms with E-state index in [2.05, 4.69) is 10.2 Å². The van der Waals surface area contributed by atoms with Crippen LogP contribution in [0.1, 0.15) is 51.9 Å². The van der Waals surface area contributed by atoms with Gasteiger partial charge in [0.1, 0.15) is 5.75 Å². The molecule has 2 saturated heterocycles. The molecule has 0 radical (unpaired) electrons. The zero-order valence-corrected chi connectivity index (χ0v) is 18.5. The summed E-state index contributed by atoms with van der Waals surface area (Å²) >= 11 is 12.0. The van der Waals surface area contributed by atoms with Crippen LogP contribution in [0.5, 0.6) is 5.75 Å². The van der Waals surface area contributed by atoms with Gasteiger partial charge in [0.15, 0.2) is 6.10 Å². The largest absolute Gasteiger partial charge is 0.481 e. The first-order valence-electron chi connectivity index (χ1n) is 10.8. The molecule has 29 heavy (non-hydrogen) atoms. The second-order valence-electron chi connectivity index (χ2n) is 8.64. The number of hydrogen-bond acceptors (Lipinski definition) is 4. The van der Waals surface area contributed by atoms with E-state index in [1.54, 1.807) is 25.1 Å². The van der Waals surface area contributed by atoms with E-state index in [-0.39, 0.29) is 17.6 Å². The highest BCUT2D eigenvalue weighted by Gasteiger charge is 2.46. The normalized spacial score (nSPS) is 31.1. The number of carbonyl (C=O) groups excluding carboxylic acids is 1. The van der Waals surface area contributed by atoms with Crippen LogP contribution in [0, 0.1) is 0 Å². The molecule has 1 spiro atoms. The molecule has 2 aliphatic heterocycles. The molecule has 3 aliphatic rings. The fourth-order valence-corrected chi connectivity index (χ4v) is 5.37. The van der Waals surface area contributed by atoms with Crippen LogP contribution in [-0.2, 0) is 9.53 Å². The summed E-state index contributed by atoms with van der Waals surface area (Å²) in [5.41, 5.74) is 0.0245. The molecule has 1 aromatic carbocycles. The Labute approximate surface area is 183 Å². The van der Waals surface area contributed by atoms with E-state index in [1.165, 1.54) is 12.8 Å². The predicted octanol–water partition coefficient (Wildman–Crippen LogP) is 4.44. The lowest BCUT2D eigenvalue weighted by Crippen LogP contribution is -2.59. The van der Waals surface area contributed by atoms with E-state index in [1.807, 2.05) is 0 Å². The van der Waals surface area contributed by atoms with E-state index < -0.39 is 6.10 Å². The average molecular weight is 441 g/mol. The molecule has 2 heterocycles. The molecule has 1 saturated carbocycles. The number of ether oxygens (including phenoxy) is 2. The molecule has 0 aromatic heterocycles. The van der Waals surface area contributed by atoms with Gasteiger partial charge in [-0.2, -0.15) is 0 Å². The van der Waals surface area contributed by atoms with Crippen LogP contribution >= 0.6 is 23.2 Å². The summed E-state index contributed by atoms with van der Waals surface area (Å²) in [7, 11) is 0. The molecule has 1 amide bonds. The van der Waals surface area contributed by atoms with Gasteiger partial charge in [-0.15, -0.1) is 0 Å². The van der Waals surface area contributed by atoms with Crippen LogP contribution in [0.3, 0.4) is 0 Å². The van der Waals surface area contributed by atoms with E-state index in [9.17, 15) is 4.79 Å². The van der Waals surface area contributed by atoms with Crippen molar-refractivity contribution in [1.29, 1.82) is 0 Å². The quantitative estimate of drug-likeness (QED) is 0.734. The fraction of sp³-hybridized carbons (Fsp3) is 0.682. The van der Waals surface area contributed by atoms with Crippen molar-refractivity contribution in [2.45, 2.75) is 75.7 Å². The molecule has 4 atom stereocenters.